The van der Waals surface area contributed by atoms with E-state index in [1.807, 2.05) is 12.1 Å². The van der Waals surface area contributed by atoms with Crippen LogP contribution in [0.1, 0.15) is 5.56 Å². The molecule has 2 aromatic carbocycles. The van der Waals surface area contributed by atoms with E-state index >= 15 is 0 Å². The van der Waals surface area contributed by atoms with Gasteiger partial charge in [0, 0.05) is 0 Å². The lowest BCUT2D eigenvalue weighted by atomic mass is 10.1. The van der Waals surface area contributed by atoms with Crippen molar-refractivity contribution >= 4 is 96.3 Å². The van der Waals surface area contributed by atoms with Crippen LogP contribution in [0.25, 0.3) is 0 Å². The summed E-state index contributed by atoms with van der Waals surface area (Å²) in [6, 6.07) is 6.34. The summed E-state index contributed by atoms with van der Waals surface area (Å²) in [7, 11) is 0. The predicted molar refractivity (Wildman–Crippen MR) is 125 cm³/mol. The van der Waals surface area contributed by atoms with Crippen molar-refractivity contribution in [3.8, 4) is 17.2 Å². The zero-order valence-electron chi connectivity index (χ0n) is 11.9. The normalized spacial score (nSPS) is 12.0. The Morgan fingerprint density at radius 2 is 1.54 bits per heavy atom. The van der Waals surface area contributed by atoms with Crippen LogP contribution in [0, 0.1) is 14.3 Å². The van der Waals surface area contributed by atoms with Crippen molar-refractivity contribution in [3.63, 3.8) is 0 Å². The van der Waals surface area contributed by atoms with Gasteiger partial charge in [-0.3, -0.25) is 4.79 Å². The molecule has 0 bridgehead atoms. The van der Waals surface area contributed by atoms with E-state index in [1.54, 1.807) is 12.1 Å². The number of halogens is 4. The quantitative estimate of drug-likeness (QED) is 0.387. The zero-order valence-corrected chi connectivity index (χ0v) is 20.5. The van der Waals surface area contributed by atoms with Gasteiger partial charge in [-0.25, -0.2) is 0 Å². The monoisotopic (exact) mass is 793 g/mol. The second kappa shape index (κ2) is 8.85. The zero-order chi connectivity index (χ0) is 18.0. The maximum Gasteiger partial charge on any atom is 0.320 e. The molecule has 2 aromatic rings. The minimum Gasteiger partial charge on any atom is -0.506 e. The summed E-state index contributed by atoms with van der Waals surface area (Å²) in [5.74, 6) is 0.549. The van der Waals surface area contributed by atoms with Crippen LogP contribution in [-0.4, -0.2) is 22.2 Å². The van der Waals surface area contributed by atoms with Crippen LogP contribution >= 0.6 is 90.4 Å². The Balaban J connectivity index is 2.30. The van der Waals surface area contributed by atoms with Crippen molar-refractivity contribution in [1.29, 1.82) is 0 Å². The molecule has 0 aliphatic rings. The number of hydrogen-bond donors (Lipinski definition) is 3. The van der Waals surface area contributed by atoms with Gasteiger partial charge in [0.25, 0.3) is 0 Å². The number of ether oxygens (including phenoxy) is 1. The summed E-state index contributed by atoms with van der Waals surface area (Å²) in [5, 5.41) is 18.8. The van der Waals surface area contributed by atoms with E-state index in [1.165, 1.54) is 0 Å². The highest BCUT2D eigenvalue weighted by Crippen LogP contribution is 2.36. The molecule has 0 fully saturated rings. The van der Waals surface area contributed by atoms with Gasteiger partial charge in [0.1, 0.15) is 17.5 Å². The van der Waals surface area contributed by atoms with E-state index < -0.39 is 12.0 Å². The first-order valence-electron chi connectivity index (χ1n) is 6.51. The molecule has 0 unspecified atom stereocenters. The molecule has 4 N–H and O–H groups in total. The minimum atomic E-state index is -1.02. The fourth-order valence-electron chi connectivity index (χ4n) is 1.89. The number of carboxylic acids is 1. The Kier molecular flexibility index (Phi) is 7.64. The SMILES string of the molecule is N[C@@H](Cc1cc([131I])c(Oc2cc([131I])c(O)c([131I])c2)c([131I])c1)C(=O)O. The number of hydrogen-bond acceptors (Lipinski definition) is 4. The number of carboxylic acid groups (broad SMARTS) is 1. The maximum absolute atomic E-state index is 10.9. The molecule has 0 aliphatic heterocycles. The second-order valence-electron chi connectivity index (χ2n) is 4.88. The van der Waals surface area contributed by atoms with Crippen LogP contribution < -0.4 is 10.5 Å². The molecule has 0 amide bonds. The van der Waals surface area contributed by atoms with Gasteiger partial charge in [-0.1, -0.05) is 0 Å². The molecule has 128 valence electrons. The van der Waals surface area contributed by atoms with Gasteiger partial charge in [-0.15, -0.1) is 0 Å². The van der Waals surface area contributed by atoms with Gasteiger partial charge < -0.3 is 20.7 Å². The number of phenolic OH excluding ortho intramolecular Hbond substituents is 1. The molecule has 2 rings (SSSR count). The molecule has 0 aliphatic carbocycles. The minimum absolute atomic E-state index is 0.242. The summed E-state index contributed by atoms with van der Waals surface area (Å²) in [6.07, 6.45) is 0.261. The van der Waals surface area contributed by atoms with Gasteiger partial charge in [0.15, 0.2) is 5.75 Å². The number of benzene rings is 2. The molecule has 0 spiro atoms. The van der Waals surface area contributed by atoms with E-state index in [4.69, 9.17) is 15.6 Å². The standard InChI is InChI=1S/C15H11I4NO4/c16-8-4-7(5-9(17)13(8)21)24-14-10(18)1-6(2-11(14)19)3-12(20)15(22)23/h1-2,4-5,12,21H,3,20H2,(H,22,23)/t12-/m0/s1/i16+4,17+4,18+4,19+4. The van der Waals surface area contributed by atoms with Crippen molar-refractivity contribution in [2.75, 3.05) is 0 Å². The lowest BCUT2D eigenvalue weighted by Gasteiger charge is -2.14. The molecular weight excluding hydrogens is 782 g/mol. The number of rotatable bonds is 5. The molecule has 0 heterocycles. The van der Waals surface area contributed by atoms with Gasteiger partial charge in [-0.2, -0.15) is 0 Å². The van der Waals surface area contributed by atoms with Gasteiger partial charge in [-0.05, 0) is 127 Å². The Hall–Kier alpha value is 0.390. The molecule has 5 nitrogen and oxygen atoms in total. The second-order valence-corrected chi connectivity index (χ2v) is 9.52. The summed E-state index contributed by atoms with van der Waals surface area (Å²) in [4.78, 5) is 10.9. The van der Waals surface area contributed by atoms with Crippen LogP contribution in [0.2, 0.25) is 0 Å². The summed E-state index contributed by atoms with van der Waals surface area (Å²) in [6.45, 7) is 0. The summed E-state index contributed by atoms with van der Waals surface area (Å²) >= 11 is 8.42. The Morgan fingerprint density at radius 1 is 1.04 bits per heavy atom. The number of aromatic hydroxyl groups is 1. The fraction of sp³-hybridized carbons (Fsp3) is 0.133. The van der Waals surface area contributed by atoms with Crippen LogP contribution in [-0.2, 0) is 11.2 Å². The van der Waals surface area contributed by atoms with Crippen LogP contribution in [0.4, 0.5) is 0 Å². The molecule has 0 aromatic heterocycles. The average molecular weight is 793 g/mol. The number of phenols is 1. The van der Waals surface area contributed by atoms with Gasteiger partial charge >= 0.3 is 5.97 Å². The largest absolute Gasteiger partial charge is 0.506 e. The Bertz CT molecular complexity index is 751. The first-order chi connectivity index (χ1) is 11.2. The van der Waals surface area contributed by atoms with Crippen molar-refractivity contribution in [3.05, 3.63) is 44.1 Å². The van der Waals surface area contributed by atoms with Crippen LogP contribution in [0.3, 0.4) is 0 Å². The number of aliphatic carboxylic acids is 1. The lowest BCUT2D eigenvalue weighted by molar-refractivity contribution is -0.138. The molecular formula is C15H11I4NO4. The smallest absolute Gasteiger partial charge is 0.320 e. The maximum atomic E-state index is 10.9. The highest BCUT2D eigenvalue weighted by atomic mass is 131. The topological polar surface area (TPSA) is 92.8 Å². The van der Waals surface area contributed by atoms with Gasteiger partial charge in [0.2, 0.25) is 0 Å². The predicted octanol–water partition coefficient (Wildman–Crippen LogP) is 4.56. The van der Waals surface area contributed by atoms with Crippen LogP contribution in [0.5, 0.6) is 17.2 Å². The Labute approximate surface area is 193 Å². The summed E-state index contributed by atoms with van der Waals surface area (Å²) in [5.41, 5.74) is 6.44. The van der Waals surface area contributed by atoms with E-state index in [9.17, 15) is 9.90 Å². The molecule has 9 heteroatoms. The average Bonchev–Trinajstić information content (AvgIpc) is 2.48. The highest BCUT2D eigenvalue weighted by molar-refractivity contribution is 14.1. The van der Waals surface area contributed by atoms with E-state index in [2.05, 4.69) is 90.4 Å². The molecule has 1 atom stereocenters. The third-order valence-corrected chi connectivity index (χ3v) is 6.29. The first kappa shape index (κ1) is 20.7. The van der Waals surface area contributed by atoms with Crippen LogP contribution in [0.15, 0.2) is 24.3 Å². The van der Waals surface area contributed by atoms with E-state index in [0.29, 0.717) is 18.6 Å². The number of carbonyl (C=O) groups is 1. The Morgan fingerprint density at radius 3 is 2.00 bits per heavy atom. The van der Waals surface area contributed by atoms with E-state index in [-0.39, 0.29) is 12.2 Å². The number of nitrogens with two attached hydrogens (primary N) is 1. The van der Waals surface area contributed by atoms with Crippen molar-refractivity contribution < 1.29 is 19.7 Å². The molecule has 24 heavy (non-hydrogen) atoms. The molecule has 0 saturated heterocycles. The van der Waals surface area contributed by atoms with Crippen molar-refractivity contribution in [1.82, 2.24) is 0 Å². The lowest BCUT2D eigenvalue weighted by Crippen LogP contribution is -2.32. The van der Waals surface area contributed by atoms with Gasteiger partial charge in [0.05, 0.1) is 14.3 Å². The van der Waals surface area contributed by atoms with Crippen molar-refractivity contribution in [2.24, 2.45) is 5.73 Å². The third-order valence-electron chi connectivity index (χ3n) is 3.04. The fourth-order valence-corrected chi connectivity index (χ4v) is 5.72. The van der Waals surface area contributed by atoms with Crippen molar-refractivity contribution in [2.45, 2.75) is 12.5 Å². The first-order valence-corrected chi connectivity index (χ1v) is 10.8. The molecule has 0 saturated carbocycles. The highest BCUT2D eigenvalue weighted by Gasteiger charge is 2.16. The van der Waals surface area contributed by atoms with E-state index in [0.717, 1.165) is 12.7 Å². The third kappa shape index (κ3) is 5.20. The summed E-state index contributed by atoms with van der Waals surface area (Å²) < 4.78 is 9.14. The molecule has 0 radical (unpaired) electrons.